The van der Waals surface area contributed by atoms with E-state index in [1.54, 1.807) is 0 Å². The van der Waals surface area contributed by atoms with Crippen LogP contribution in [0.4, 0.5) is 0 Å². The van der Waals surface area contributed by atoms with Crippen molar-refractivity contribution in [3.8, 4) is 0 Å². The first-order chi connectivity index (χ1) is 5.00. The van der Waals surface area contributed by atoms with E-state index in [1.165, 1.54) is 0 Å². The number of hydrogen-bond acceptors (Lipinski definition) is 2. The third kappa shape index (κ3) is 1.13. The van der Waals surface area contributed by atoms with Gasteiger partial charge in [0.2, 0.25) is 0 Å². The maximum Gasteiger partial charge on any atom is 0.307 e. The summed E-state index contributed by atoms with van der Waals surface area (Å²) in [6.45, 7) is 3.99. The molecule has 3 nitrogen and oxygen atoms in total. The third-order valence-corrected chi connectivity index (χ3v) is 2.91. The second-order valence-electron chi connectivity index (χ2n) is 3.79. The molecule has 0 bridgehead atoms. The first-order valence-corrected chi connectivity index (χ1v) is 3.90. The number of carboxylic acids is 1. The Hall–Kier alpha value is -0.570. The minimum Gasteiger partial charge on any atom is -0.481 e. The Bertz CT molecular complexity index is 177. The van der Waals surface area contributed by atoms with Crippen molar-refractivity contribution in [3.63, 3.8) is 0 Å². The second kappa shape index (κ2) is 2.48. The first-order valence-electron chi connectivity index (χ1n) is 3.90. The van der Waals surface area contributed by atoms with Crippen LogP contribution in [0.15, 0.2) is 0 Å². The third-order valence-electron chi connectivity index (χ3n) is 2.91. The van der Waals surface area contributed by atoms with Gasteiger partial charge in [0.15, 0.2) is 0 Å². The molecular formula is C8H15NO2. The zero-order valence-electron chi connectivity index (χ0n) is 7.22. The van der Waals surface area contributed by atoms with Gasteiger partial charge in [-0.05, 0) is 18.9 Å². The molecule has 0 aromatic heterocycles. The van der Waals surface area contributed by atoms with Crippen LogP contribution in [0.2, 0.25) is 0 Å². The smallest absolute Gasteiger partial charge is 0.307 e. The van der Waals surface area contributed by atoms with Gasteiger partial charge in [-0.2, -0.15) is 0 Å². The molecule has 1 fully saturated rings. The molecule has 0 unspecified atom stereocenters. The number of nitrogens with one attached hydrogen (secondary N) is 1. The van der Waals surface area contributed by atoms with Crippen molar-refractivity contribution >= 4 is 5.97 Å². The van der Waals surface area contributed by atoms with Crippen molar-refractivity contribution in [2.75, 3.05) is 7.05 Å². The molecule has 0 aromatic carbocycles. The number of rotatable bonds is 2. The molecule has 3 heteroatoms. The molecule has 1 aliphatic carbocycles. The van der Waals surface area contributed by atoms with Crippen LogP contribution in [-0.2, 0) is 4.79 Å². The van der Waals surface area contributed by atoms with Gasteiger partial charge in [-0.15, -0.1) is 0 Å². The number of hydrogen-bond donors (Lipinski definition) is 2. The predicted octanol–water partition coefficient (Wildman–Crippen LogP) is 0.705. The standard InChI is InChI=1S/C8H15NO2/c1-8(2)5(7(10)11)4-6(8)9-3/h5-6,9H,4H2,1-3H3,(H,10,11)/t5-,6-/m0/s1. The van der Waals surface area contributed by atoms with Gasteiger partial charge in [0.05, 0.1) is 5.92 Å². The van der Waals surface area contributed by atoms with Gasteiger partial charge in [0.25, 0.3) is 0 Å². The molecule has 0 spiro atoms. The van der Waals surface area contributed by atoms with Crippen LogP contribution >= 0.6 is 0 Å². The van der Waals surface area contributed by atoms with Crippen LogP contribution in [0.1, 0.15) is 20.3 Å². The maximum atomic E-state index is 10.6. The fraction of sp³-hybridized carbons (Fsp3) is 0.875. The summed E-state index contributed by atoms with van der Waals surface area (Å²) in [5, 5.41) is 11.9. The summed E-state index contributed by atoms with van der Waals surface area (Å²) in [5.41, 5.74) is -0.0828. The van der Waals surface area contributed by atoms with Crippen molar-refractivity contribution in [2.24, 2.45) is 11.3 Å². The van der Waals surface area contributed by atoms with E-state index in [9.17, 15) is 4.79 Å². The average molecular weight is 157 g/mol. The lowest BCUT2D eigenvalue weighted by molar-refractivity contribution is -0.154. The van der Waals surface area contributed by atoms with E-state index in [-0.39, 0.29) is 11.3 Å². The molecule has 0 radical (unpaired) electrons. The van der Waals surface area contributed by atoms with Gasteiger partial charge in [-0.3, -0.25) is 4.79 Å². The Morgan fingerprint density at radius 3 is 2.45 bits per heavy atom. The first kappa shape index (κ1) is 8.53. The van der Waals surface area contributed by atoms with Crippen LogP contribution in [-0.4, -0.2) is 24.2 Å². The fourth-order valence-corrected chi connectivity index (χ4v) is 1.83. The van der Waals surface area contributed by atoms with Crippen LogP contribution in [0.3, 0.4) is 0 Å². The average Bonchev–Trinajstić information content (AvgIpc) is 1.85. The predicted molar refractivity (Wildman–Crippen MR) is 42.4 cm³/mol. The number of aliphatic carboxylic acids is 1. The molecule has 2 N–H and O–H groups in total. The molecule has 1 aliphatic rings. The highest BCUT2D eigenvalue weighted by Crippen LogP contribution is 2.45. The minimum atomic E-state index is -0.665. The normalized spacial score (nSPS) is 34.5. The van der Waals surface area contributed by atoms with E-state index in [4.69, 9.17) is 5.11 Å². The Labute approximate surface area is 66.8 Å². The maximum absolute atomic E-state index is 10.6. The second-order valence-corrected chi connectivity index (χ2v) is 3.79. The highest BCUT2D eigenvalue weighted by atomic mass is 16.4. The van der Waals surface area contributed by atoms with Crippen LogP contribution in [0.5, 0.6) is 0 Å². The summed E-state index contributed by atoms with van der Waals surface area (Å²) in [4.78, 5) is 10.6. The molecule has 0 aromatic rings. The van der Waals surface area contributed by atoms with Crippen molar-refractivity contribution in [1.29, 1.82) is 0 Å². The molecule has 0 aliphatic heterocycles. The molecule has 64 valence electrons. The summed E-state index contributed by atoms with van der Waals surface area (Å²) >= 11 is 0. The molecule has 0 amide bonds. The summed E-state index contributed by atoms with van der Waals surface area (Å²) in [6, 6.07) is 0.364. The molecule has 11 heavy (non-hydrogen) atoms. The summed E-state index contributed by atoms with van der Waals surface area (Å²) < 4.78 is 0. The van der Waals surface area contributed by atoms with E-state index < -0.39 is 5.97 Å². The van der Waals surface area contributed by atoms with Crippen LogP contribution < -0.4 is 5.32 Å². The lowest BCUT2D eigenvalue weighted by atomic mass is 9.58. The van der Waals surface area contributed by atoms with Gasteiger partial charge in [-0.25, -0.2) is 0 Å². The van der Waals surface area contributed by atoms with Gasteiger partial charge < -0.3 is 10.4 Å². The zero-order valence-corrected chi connectivity index (χ0v) is 7.22. The molecular weight excluding hydrogens is 142 g/mol. The number of carboxylic acid groups (broad SMARTS) is 1. The van der Waals surface area contributed by atoms with Crippen LogP contribution in [0, 0.1) is 11.3 Å². The molecule has 2 atom stereocenters. The number of carbonyl (C=O) groups is 1. The summed E-state index contributed by atoms with van der Waals surface area (Å²) in [5.74, 6) is -0.832. The van der Waals surface area contributed by atoms with Crippen molar-refractivity contribution in [2.45, 2.75) is 26.3 Å². The quantitative estimate of drug-likeness (QED) is 0.620. The van der Waals surface area contributed by atoms with Crippen molar-refractivity contribution in [3.05, 3.63) is 0 Å². The monoisotopic (exact) mass is 157 g/mol. The Morgan fingerprint density at radius 1 is 1.64 bits per heavy atom. The van der Waals surface area contributed by atoms with Crippen LogP contribution in [0.25, 0.3) is 0 Å². The molecule has 0 heterocycles. The van der Waals surface area contributed by atoms with Crippen molar-refractivity contribution in [1.82, 2.24) is 5.32 Å². The van der Waals surface area contributed by atoms with Gasteiger partial charge >= 0.3 is 5.97 Å². The van der Waals surface area contributed by atoms with E-state index in [0.717, 1.165) is 6.42 Å². The lowest BCUT2D eigenvalue weighted by Crippen LogP contribution is -2.58. The fourth-order valence-electron chi connectivity index (χ4n) is 1.83. The Kier molecular flexibility index (Phi) is 1.92. The van der Waals surface area contributed by atoms with Gasteiger partial charge in [-0.1, -0.05) is 13.8 Å². The molecule has 1 saturated carbocycles. The van der Waals surface area contributed by atoms with E-state index in [0.29, 0.717) is 6.04 Å². The highest BCUT2D eigenvalue weighted by molar-refractivity contribution is 5.72. The SMILES string of the molecule is CN[C@H]1C[C@@H](C(=O)O)C1(C)C. The molecule has 1 rings (SSSR count). The minimum absolute atomic E-state index is 0.0828. The largest absolute Gasteiger partial charge is 0.481 e. The summed E-state index contributed by atoms with van der Waals surface area (Å²) in [7, 11) is 1.88. The van der Waals surface area contributed by atoms with E-state index in [1.807, 2.05) is 20.9 Å². The lowest BCUT2D eigenvalue weighted by Gasteiger charge is -2.49. The van der Waals surface area contributed by atoms with Crippen molar-refractivity contribution < 1.29 is 9.90 Å². The van der Waals surface area contributed by atoms with Gasteiger partial charge in [0.1, 0.15) is 0 Å². The highest BCUT2D eigenvalue weighted by Gasteiger charge is 2.51. The van der Waals surface area contributed by atoms with E-state index >= 15 is 0 Å². The Morgan fingerprint density at radius 2 is 2.18 bits per heavy atom. The van der Waals surface area contributed by atoms with E-state index in [2.05, 4.69) is 5.32 Å². The molecule has 0 saturated heterocycles. The summed E-state index contributed by atoms with van der Waals surface area (Å²) in [6.07, 6.45) is 0.763. The topological polar surface area (TPSA) is 49.3 Å². The Balaban J connectivity index is 2.61. The van der Waals surface area contributed by atoms with Gasteiger partial charge in [0, 0.05) is 6.04 Å². The zero-order chi connectivity index (χ0) is 8.65.